The van der Waals surface area contributed by atoms with Crippen molar-refractivity contribution < 1.29 is 19.1 Å². The molecule has 0 saturated heterocycles. The number of ether oxygens (including phenoxy) is 2. The summed E-state index contributed by atoms with van der Waals surface area (Å²) in [4.78, 5) is 22.2. The van der Waals surface area contributed by atoms with Gasteiger partial charge in [0.15, 0.2) is 0 Å². The molecule has 0 radical (unpaired) electrons. The standard InChI is InChI=1S/C9H16O4S/c1-4-14-6-7(9(11)13-3)5-8(10)12-2/h7H,4-6H2,1-3H3. The third kappa shape index (κ3) is 5.11. The van der Waals surface area contributed by atoms with Crippen molar-refractivity contribution in [2.75, 3.05) is 25.7 Å². The Morgan fingerprint density at radius 1 is 1.29 bits per heavy atom. The van der Waals surface area contributed by atoms with Crippen LogP contribution in [0.5, 0.6) is 0 Å². The number of hydrogen-bond donors (Lipinski definition) is 0. The molecule has 0 heterocycles. The Morgan fingerprint density at radius 3 is 2.36 bits per heavy atom. The highest BCUT2D eigenvalue weighted by Gasteiger charge is 2.22. The van der Waals surface area contributed by atoms with Crippen molar-refractivity contribution >= 4 is 23.7 Å². The first-order valence-corrected chi connectivity index (χ1v) is 5.53. The van der Waals surface area contributed by atoms with Crippen molar-refractivity contribution in [3.8, 4) is 0 Å². The molecular weight excluding hydrogens is 204 g/mol. The van der Waals surface area contributed by atoms with Crippen LogP contribution in [0.25, 0.3) is 0 Å². The molecule has 0 saturated carbocycles. The number of thioether (sulfide) groups is 1. The Labute approximate surface area is 88.3 Å². The molecule has 0 aliphatic carbocycles. The zero-order chi connectivity index (χ0) is 11.0. The fourth-order valence-corrected chi connectivity index (χ4v) is 1.70. The Balaban J connectivity index is 4.09. The molecular formula is C9H16O4S. The van der Waals surface area contributed by atoms with Crippen molar-refractivity contribution in [2.45, 2.75) is 13.3 Å². The number of esters is 2. The van der Waals surface area contributed by atoms with Crippen LogP contribution in [0.15, 0.2) is 0 Å². The molecule has 0 aliphatic heterocycles. The minimum absolute atomic E-state index is 0.0934. The average molecular weight is 220 g/mol. The Hall–Kier alpha value is -0.710. The lowest BCUT2D eigenvalue weighted by atomic mass is 10.1. The predicted molar refractivity (Wildman–Crippen MR) is 55.1 cm³/mol. The highest BCUT2D eigenvalue weighted by Crippen LogP contribution is 2.14. The zero-order valence-electron chi connectivity index (χ0n) is 8.74. The van der Waals surface area contributed by atoms with Crippen molar-refractivity contribution in [1.29, 1.82) is 0 Å². The maximum Gasteiger partial charge on any atom is 0.310 e. The van der Waals surface area contributed by atoms with Gasteiger partial charge in [0.05, 0.1) is 26.6 Å². The molecule has 82 valence electrons. The summed E-state index contributed by atoms with van der Waals surface area (Å²) in [6.07, 6.45) is 0.0934. The molecule has 1 atom stereocenters. The lowest BCUT2D eigenvalue weighted by Gasteiger charge is -2.11. The van der Waals surface area contributed by atoms with Crippen molar-refractivity contribution in [2.24, 2.45) is 5.92 Å². The summed E-state index contributed by atoms with van der Waals surface area (Å²) in [5, 5.41) is 0. The second-order valence-corrected chi connectivity index (χ2v) is 3.98. The fourth-order valence-electron chi connectivity index (χ4n) is 0.922. The monoisotopic (exact) mass is 220 g/mol. The quantitative estimate of drug-likeness (QED) is 0.627. The number of hydrogen-bond acceptors (Lipinski definition) is 5. The molecule has 0 fully saturated rings. The minimum atomic E-state index is -0.391. The molecule has 0 aliphatic rings. The summed E-state index contributed by atoms with van der Waals surface area (Å²) >= 11 is 1.60. The molecule has 0 N–H and O–H groups in total. The first-order chi connectivity index (χ1) is 6.65. The first-order valence-electron chi connectivity index (χ1n) is 4.38. The van der Waals surface area contributed by atoms with E-state index in [1.165, 1.54) is 14.2 Å². The summed E-state index contributed by atoms with van der Waals surface area (Å²) in [7, 11) is 2.63. The van der Waals surface area contributed by atoms with Gasteiger partial charge < -0.3 is 9.47 Å². The molecule has 0 aromatic carbocycles. The van der Waals surface area contributed by atoms with Gasteiger partial charge >= 0.3 is 11.9 Å². The number of rotatable bonds is 6. The number of carbonyl (C=O) groups excluding carboxylic acids is 2. The van der Waals surface area contributed by atoms with Gasteiger partial charge in [-0.25, -0.2) is 0 Å². The second-order valence-electron chi connectivity index (χ2n) is 2.66. The first kappa shape index (κ1) is 13.3. The van der Waals surface area contributed by atoms with Gasteiger partial charge in [-0.2, -0.15) is 11.8 Å². The summed E-state index contributed by atoms with van der Waals surface area (Å²) in [5.74, 6) is 0.387. The molecule has 0 spiro atoms. The van der Waals surface area contributed by atoms with E-state index in [4.69, 9.17) is 0 Å². The smallest absolute Gasteiger partial charge is 0.310 e. The molecule has 4 nitrogen and oxygen atoms in total. The third-order valence-electron chi connectivity index (χ3n) is 1.70. The van der Waals surface area contributed by atoms with Gasteiger partial charge in [-0.05, 0) is 5.75 Å². The molecule has 0 bridgehead atoms. The van der Waals surface area contributed by atoms with Gasteiger partial charge in [0.25, 0.3) is 0 Å². The minimum Gasteiger partial charge on any atom is -0.469 e. The van der Waals surface area contributed by atoms with Crippen LogP contribution in [-0.2, 0) is 19.1 Å². The zero-order valence-corrected chi connectivity index (χ0v) is 9.56. The molecule has 1 unspecified atom stereocenters. The van der Waals surface area contributed by atoms with Gasteiger partial charge in [-0.15, -0.1) is 0 Å². The van der Waals surface area contributed by atoms with Crippen LogP contribution in [-0.4, -0.2) is 37.7 Å². The van der Waals surface area contributed by atoms with Crippen molar-refractivity contribution in [3.63, 3.8) is 0 Å². The SMILES string of the molecule is CCSCC(CC(=O)OC)C(=O)OC. The maximum atomic E-state index is 11.2. The maximum absolute atomic E-state index is 11.2. The highest BCUT2D eigenvalue weighted by atomic mass is 32.2. The molecule has 0 amide bonds. The van der Waals surface area contributed by atoms with E-state index in [1.807, 2.05) is 6.92 Å². The summed E-state index contributed by atoms with van der Waals surface area (Å²) in [6.45, 7) is 2.00. The molecule has 0 aromatic rings. The largest absolute Gasteiger partial charge is 0.469 e. The van der Waals surface area contributed by atoms with Crippen LogP contribution >= 0.6 is 11.8 Å². The summed E-state index contributed by atoms with van der Waals surface area (Å²) in [6, 6.07) is 0. The third-order valence-corrected chi connectivity index (χ3v) is 2.74. The van der Waals surface area contributed by atoms with E-state index in [-0.39, 0.29) is 18.4 Å². The Bertz CT molecular complexity index is 193. The number of carbonyl (C=O) groups is 2. The topological polar surface area (TPSA) is 52.6 Å². The highest BCUT2D eigenvalue weighted by molar-refractivity contribution is 7.99. The van der Waals surface area contributed by atoms with E-state index in [2.05, 4.69) is 9.47 Å². The van der Waals surface area contributed by atoms with Crippen LogP contribution < -0.4 is 0 Å². The van der Waals surface area contributed by atoms with E-state index >= 15 is 0 Å². The van der Waals surface area contributed by atoms with Crippen LogP contribution in [0.2, 0.25) is 0 Å². The fraction of sp³-hybridized carbons (Fsp3) is 0.778. The molecule has 14 heavy (non-hydrogen) atoms. The Morgan fingerprint density at radius 2 is 1.93 bits per heavy atom. The normalized spacial score (nSPS) is 11.9. The van der Waals surface area contributed by atoms with Crippen molar-refractivity contribution in [1.82, 2.24) is 0 Å². The van der Waals surface area contributed by atoms with E-state index < -0.39 is 5.92 Å². The van der Waals surface area contributed by atoms with Crippen LogP contribution in [0.3, 0.4) is 0 Å². The summed E-state index contributed by atoms with van der Waals surface area (Å²) in [5.41, 5.74) is 0. The van der Waals surface area contributed by atoms with E-state index in [0.717, 1.165) is 5.75 Å². The average Bonchev–Trinajstić information content (AvgIpc) is 2.22. The van der Waals surface area contributed by atoms with Gasteiger partial charge in [-0.3, -0.25) is 9.59 Å². The number of methoxy groups -OCH3 is 2. The van der Waals surface area contributed by atoms with Crippen LogP contribution in [0.4, 0.5) is 0 Å². The van der Waals surface area contributed by atoms with Gasteiger partial charge in [-0.1, -0.05) is 6.92 Å². The molecule has 5 heteroatoms. The lowest BCUT2D eigenvalue weighted by molar-refractivity contribution is -0.151. The summed E-state index contributed by atoms with van der Waals surface area (Å²) < 4.78 is 9.09. The second kappa shape index (κ2) is 7.67. The van der Waals surface area contributed by atoms with Gasteiger partial charge in [0, 0.05) is 5.75 Å². The van der Waals surface area contributed by atoms with E-state index in [0.29, 0.717) is 5.75 Å². The Kier molecular flexibility index (Phi) is 7.28. The van der Waals surface area contributed by atoms with Crippen LogP contribution in [0.1, 0.15) is 13.3 Å². The lowest BCUT2D eigenvalue weighted by Crippen LogP contribution is -2.22. The van der Waals surface area contributed by atoms with E-state index in [9.17, 15) is 9.59 Å². The van der Waals surface area contributed by atoms with E-state index in [1.54, 1.807) is 11.8 Å². The van der Waals surface area contributed by atoms with Gasteiger partial charge in [0.2, 0.25) is 0 Å². The van der Waals surface area contributed by atoms with Gasteiger partial charge in [0.1, 0.15) is 0 Å². The predicted octanol–water partition coefficient (Wildman–Crippen LogP) is 1.09. The molecule has 0 rings (SSSR count). The van der Waals surface area contributed by atoms with Crippen LogP contribution in [0, 0.1) is 5.92 Å². The molecule has 0 aromatic heterocycles. The van der Waals surface area contributed by atoms with Crippen molar-refractivity contribution in [3.05, 3.63) is 0 Å².